The summed E-state index contributed by atoms with van der Waals surface area (Å²) < 4.78 is 80.1. The van der Waals surface area contributed by atoms with Crippen molar-refractivity contribution >= 4 is 23.4 Å². The van der Waals surface area contributed by atoms with Crippen LogP contribution in [0.25, 0.3) is 11.4 Å². The molecular formula is C25H24ClF6N5O5. The topological polar surface area (TPSA) is 138 Å². The summed E-state index contributed by atoms with van der Waals surface area (Å²) in [6, 6.07) is 7.92. The lowest BCUT2D eigenvalue weighted by molar-refractivity contribution is -0.207. The third-order valence-corrected chi connectivity index (χ3v) is 6.08. The molecule has 0 saturated carbocycles. The Morgan fingerprint density at radius 3 is 2.29 bits per heavy atom. The van der Waals surface area contributed by atoms with Crippen LogP contribution in [0, 0.1) is 0 Å². The summed E-state index contributed by atoms with van der Waals surface area (Å²) in [6.45, 7) is -2.73. The summed E-state index contributed by atoms with van der Waals surface area (Å²) in [7, 11) is 0. The lowest BCUT2D eigenvalue weighted by Crippen LogP contribution is -2.40. The third-order valence-electron chi connectivity index (χ3n) is 5.83. The zero-order valence-corrected chi connectivity index (χ0v) is 22.2. The minimum absolute atomic E-state index is 0.106. The normalized spacial score (nSPS) is 13.5. The maximum absolute atomic E-state index is 13.3. The average molecular weight is 624 g/mol. The SMILES string of the molecule is O=C(C[C@H](NC(=O)Cn1nc(-c2ccc(Cl)cc2)n(C[C@H](O)C(F)(F)F)c1=O)c1cccc(C(F)(F)F)c1)NCCO. The van der Waals surface area contributed by atoms with Crippen molar-refractivity contribution in [3.8, 4) is 11.4 Å². The van der Waals surface area contributed by atoms with Crippen molar-refractivity contribution in [3.05, 3.63) is 75.2 Å². The number of alkyl halides is 6. The highest BCUT2D eigenvalue weighted by atomic mass is 35.5. The standard InChI is InChI=1S/C25H24ClF6N5O5/c26-17-6-4-14(5-7-17)22-35-37(23(42)36(22)12-19(39)25(30,31)32)13-21(41)34-18(11-20(40)33-8-9-38)15-2-1-3-16(10-15)24(27,28)29/h1-7,10,18-19,38-39H,8-9,11-13H2,(H,33,40)(H,34,41)/t18-,19-/m0/s1. The number of rotatable bonds is 11. The minimum atomic E-state index is -5.08. The number of amides is 2. The number of hydrogen-bond acceptors (Lipinski definition) is 6. The van der Waals surface area contributed by atoms with Crippen LogP contribution < -0.4 is 16.3 Å². The van der Waals surface area contributed by atoms with E-state index < -0.39 is 73.7 Å². The molecule has 1 aromatic heterocycles. The molecule has 0 bridgehead atoms. The predicted molar refractivity (Wildman–Crippen MR) is 136 cm³/mol. The zero-order valence-electron chi connectivity index (χ0n) is 21.4. The Labute approximate surface area is 238 Å². The lowest BCUT2D eigenvalue weighted by atomic mass is 10.0. The quantitative estimate of drug-likeness (QED) is 0.242. The molecule has 0 radical (unpaired) electrons. The highest BCUT2D eigenvalue weighted by Crippen LogP contribution is 2.31. The Bertz CT molecular complexity index is 1460. The first-order chi connectivity index (χ1) is 19.6. The van der Waals surface area contributed by atoms with Gasteiger partial charge in [0.15, 0.2) is 11.9 Å². The largest absolute Gasteiger partial charge is 0.416 e. The number of nitrogens with zero attached hydrogens (tertiary/aromatic N) is 3. The molecule has 42 heavy (non-hydrogen) atoms. The Hall–Kier alpha value is -3.89. The van der Waals surface area contributed by atoms with Crippen LogP contribution in [0.3, 0.4) is 0 Å². The van der Waals surface area contributed by atoms with Gasteiger partial charge in [-0.05, 0) is 42.0 Å². The summed E-state index contributed by atoms with van der Waals surface area (Å²) in [6.07, 6.45) is -13.3. The summed E-state index contributed by atoms with van der Waals surface area (Å²) in [5.74, 6) is -2.07. The number of nitrogens with one attached hydrogen (secondary N) is 2. The summed E-state index contributed by atoms with van der Waals surface area (Å²) in [5.41, 5.74) is -2.23. The van der Waals surface area contributed by atoms with Gasteiger partial charge in [-0.2, -0.15) is 26.3 Å². The highest BCUT2D eigenvalue weighted by Gasteiger charge is 2.39. The van der Waals surface area contributed by atoms with Gasteiger partial charge in [-0.25, -0.2) is 9.48 Å². The second-order valence-corrected chi connectivity index (χ2v) is 9.40. The summed E-state index contributed by atoms with van der Waals surface area (Å²) in [4.78, 5) is 38.2. The fourth-order valence-corrected chi connectivity index (χ4v) is 3.94. The van der Waals surface area contributed by atoms with E-state index in [-0.39, 0.29) is 28.5 Å². The Kier molecular flexibility index (Phi) is 10.4. The molecule has 2 atom stereocenters. The molecular weight excluding hydrogens is 600 g/mol. The summed E-state index contributed by atoms with van der Waals surface area (Å²) >= 11 is 5.85. The number of aromatic nitrogens is 3. The molecule has 0 unspecified atom stereocenters. The van der Waals surface area contributed by atoms with Gasteiger partial charge in [0.1, 0.15) is 6.54 Å². The molecule has 0 saturated heterocycles. The monoisotopic (exact) mass is 623 g/mol. The number of hydrogen-bond donors (Lipinski definition) is 4. The van der Waals surface area contributed by atoms with Crippen LogP contribution in [0.1, 0.15) is 23.6 Å². The fourth-order valence-electron chi connectivity index (χ4n) is 3.81. The van der Waals surface area contributed by atoms with Gasteiger partial charge >= 0.3 is 18.0 Å². The van der Waals surface area contributed by atoms with Crippen molar-refractivity contribution in [1.82, 2.24) is 25.0 Å². The fraction of sp³-hybridized carbons (Fsp3) is 0.360. The maximum atomic E-state index is 13.3. The van der Waals surface area contributed by atoms with Gasteiger partial charge < -0.3 is 20.8 Å². The Morgan fingerprint density at radius 1 is 1.02 bits per heavy atom. The predicted octanol–water partition coefficient (Wildman–Crippen LogP) is 2.66. The lowest BCUT2D eigenvalue weighted by Gasteiger charge is -2.20. The first-order valence-corrected chi connectivity index (χ1v) is 12.5. The maximum Gasteiger partial charge on any atom is 0.416 e. The highest BCUT2D eigenvalue weighted by molar-refractivity contribution is 6.30. The van der Waals surface area contributed by atoms with Crippen LogP contribution in [0.5, 0.6) is 0 Å². The van der Waals surface area contributed by atoms with Crippen molar-refractivity contribution < 1.29 is 46.1 Å². The first kappa shape index (κ1) is 32.6. The smallest absolute Gasteiger partial charge is 0.395 e. The molecule has 0 aliphatic heterocycles. The molecule has 3 rings (SSSR count). The van der Waals surface area contributed by atoms with Gasteiger partial charge in [0.25, 0.3) is 0 Å². The van der Waals surface area contributed by atoms with Crippen LogP contribution in [-0.2, 0) is 28.9 Å². The number of benzene rings is 2. The van der Waals surface area contributed by atoms with Gasteiger partial charge in [-0.3, -0.25) is 14.2 Å². The molecule has 10 nitrogen and oxygen atoms in total. The second-order valence-electron chi connectivity index (χ2n) is 8.96. The van der Waals surface area contributed by atoms with Crippen LogP contribution in [-0.4, -0.2) is 61.8 Å². The molecule has 0 aliphatic carbocycles. The van der Waals surface area contributed by atoms with Gasteiger partial charge in [0, 0.05) is 17.1 Å². The van der Waals surface area contributed by atoms with E-state index in [9.17, 15) is 45.8 Å². The van der Waals surface area contributed by atoms with Crippen LogP contribution in [0.4, 0.5) is 26.3 Å². The van der Waals surface area contributed by atoms with Gasteiger partial charge in [-0.15, -0.1) is 5.10 Å². The number of aliphatic hydroxyl groups excluding tert-OH is 2. The van der Waals surface area contributed by atoms with E-state index in [1.165, 1.54) is 30.3 Å². The van der Waals surface area contributed by atoms with E-state index in [0.717, 1.165) is 18.2 Å². The molecule has 17 heteroatoms. The third kappa shape index (κ3) is 8.56. The Morgan fingerprint density at radius 2 is 1.69 bits per heavy atom. The van der Waals surface area contributed by atoms with Crippen molar-refractivity contribution in [2.24, 2.45) is 0 Å². The minimum Gasteiger partial charge on any atom is -0.395 e. The Balaban J connectivity index is 1.94. The molecule has 4 N–H and O–H groups in total. The van der Waals surface area contributed by atoms with Gasteiger partial charge in [-0.1, -0.05) is 23.7 Å². The molecule has 2 amide bonds. The number of aliphatic hydroxyl groups is 2. The molecule has 0 spiro atoms. The van der Waals surface area contributed by atoms with Crippen molar-refractivity contribution in [3.63, 3.8) is 0 Å². The van der Waals surface area contributed by atoms with Crippen molar-refractivity contribution in [2.75, 3.05) is 13.2 Å². The van der Waals surface area contributed by atoms with Gasteiger partial charge in [0.05, 0.1) is 31.2 Å². The first-order valence-electron chi connectivity index (χ1n) is 12.1. The van der Waals surface area contributed by atoms with E-state index in [1.54, 1.807) is 0 Å². The molecule has 0 aliphatic rings. The molecule has 1 heterocycles. The van der Waals surface area contributed by atoms with Crippen molar-refractivity contribution in [2.45, 2.75) is 44.0 Å². The van der Waals surface area contributed by atoms with E-state index >= 15 is 0 Å². The van der Waals surface area contributed by atoms with Crippen LogP contribution in [0.2, 0.25) is 5.02 Å². The van der Waals surface area contributed by atoms with E-state index in [0.29, 0.717) is 9.25 Å². The number of carbonyl (C=O) groups excluding carboxylic acids is 2. The molecule has 228 valence electrons. The van der Waals surface area contributed by atoms with E-state index in [1.807, 2.05) is 0 Å². The molecule has 2 aromatic carbocycles. The van der Waals surface area contributed by atoms with Crippen LogP contribution >= 0.6 is 11.6 Å². The van der Waals surface area contributed by atoms with Crippen LogP contribution in [0.15, 0.2) is 53.3 Å². The number of halogens is 7. The van der Waals surface area contributed by atoms with Gasteiger partial charge in [0.2, 0.25) is 11.8 Å². The molecule has 3 aromatic rings. The summed E-state index contributed by atoms with van der Waals surface area (Å²) in [5, 5.41) is 27.4. The second kappa shape index (κ2) is 13.4. The van der Waals surface area contributed by atoms with Crippen molar-refractivity contribution in [1.29, 1.82) is 0 Å². The van der Waals surface area contributed by atoms with E-state index in [2.05, 4.69) is 15.7 Å². The average Bonchev–Trinajstić information content (AvgIpc) is 3.21. The zero-order chi connectivity index (χ0) is 31.2. The number of carbonyl (C=O) groups is 2. The molecule has 0 fully saturated rings. The van der Waals surface area contributed by atoms with E-state index in [4.69, 9.17) is 16.7 Å².